The van der Waals surface area contributed by atoms with Crippen molar-refractivity contribution in [3.63, 3.8) is 0 Å². The van der Waals surface area contributed by atoms with Gasteiger partial charge in [-0.2, -0.15) is 0 Å². The van der Waals surface area contributed by atoms with Crippen LogP contribution >= 0.6 is 0 Å². The van der Waals surface area contributed by atoms with E-state index in [4.69, 9.17) is 4.74 Å². The first-order valence-electron chi connectivity index (χ1n) is 8.50. The van der Waals surface area contributed by atoms with Gasteiger partial charge < -0.3 is 10.1 Å². The lowest BCUT2D eigenvalue weighted by molar-refractivity contribution is 0.330. The normalized spacial score (nSPS) is 11.7. The van der Waals surface area contributed by atoms with E-state index in [0.717, 1.165) is 20.8 Å². The Hall–Kier alpha value is -2.71. The van der Waals surface area contributed by atoms with Crippen molar-refractivity contribution in [2.24, 2.45) is 0 Å². The van der Waals surface area contributed by atoms with Gasteiger partial charge in [0.2, 0.25) is 10.0 Å². The zero-order valence-electron chi connectivity index (χ0n) is 15.7. The van der Waals surface area contributed by atoms with Gasteiger partial charge in [0, 0.05) is 25.2 Å². The predicted octanol–water partition coefficient (Wildman–Crippen LogP) is 3.33. The number of anilines is 2. The molecule has 3 aromatic rings. The van der Waals surface area contributed by atoms with Gasteiger partial charge in [-0.3, -0.25) is 0 Å². The summed E-state index contributed by atoms with van der Waals surface area (Å²) in [6.45, 7) is 4.18. The van der Waals surface area contributed by atoms with Crippen LogP contribution in [0.1, 0.15) is 12.5 Å². The molecule has 0 aliphatic carbocycles. The fraction of sp³-hybridized carbons (Fsp3) is 0.263. The highest BCUT2D eigenvalue weighted by molar-refractivity contribution is 7.89. The maximum absolute atomic E-state index is 12.7. The van der Waals surface area contributed by atoms with Gasteiger partial charge in [0.05, 0.1) is 12.1 Å². The Labute approximate surface area is 159 Å². The Morgan fingerprint density at radius 3 is 2.59 bits per heavy atom. The van der Waals surface area contributed by atoms with Crippen molar-refractivity contribution < 1.29 is 13.2 Å². The van der Waals surface area contributed by atoms with Crippen molar-refractivity contribution in [1.82, 2.24) is 14.3 Å². The highest BCUT2D eigenvalue weighted by Crippen LogP contribution is 2.31. The summed E-state index contributed by atoms with van der Waals surface area (Å²) in [6.07, 6.45) is 1.48. The molecule has 1 heterocycles. The molecule has 8 heteroatoms. The molecule has 1 N–H and O–H groups in total. The largest absolute Gasteiger partial charge is 0.492 e. The first-order chi connectivity index (χ1) is 12.8. The van der Waals surface area contributed by atoms with E-state index < -0.39 is 10.0 Å². The van der Waals surface area contributed by atoms with E-state index in [1.165, 1.54) is 20.4 Å². The summed E-state index contributed by atoms with van der Waals surface area (Å²) in [4.78, 5) is 8.69. The molecule has 0 aliphatic heterocycles. The van der Waals surface area contributed by atoms with Gasteiger partial charge >= 0.3 is 0 Å². The molecule has 1 aromatic heterocycles. The van der Waals surface area contributed by atoms with Crippen LogP contribution in [0.25, 0.3) is 10.9 Å². The molecule has 0 saturated heterocycles. The Morgan fingerprint density at radius 2 is 1.89 bits per heavy atom. The molecule has 27 heavy (non-hydrogen) atoms. The molecule has 3 rings (SSSR count). The first-order valence-corrected chi connectivity index (χ1v) is 9.94. The monoisotopic (exact) mass is 386 g/mol. The minimum atomic E-state index is -3.66. The van der Waals surface area contributed by atoms with E-state index in [-0.39, 0.29) is 4.90 Å². The number of hydrogen-bond donors (Lipinski definition) is 1. The molecule has 0 atom stereocenters. The third-order valence-electron chi connectivity index (χ3n) is 4.06. The quantitative estimate of drug-likeness (QED) is 0.699. The standard InChI is InChI=1S/C19H22N4O3S/c1-5-26-17-9-7-14(11-18(17)27(24,25)23(3)4)22-19-15-10-13(2)6-8-16(15)20-12-21-19/h6-12H,5H2,1-4H3,(H,20,21,22). The van der Waals surface area contributed by atoms with Gasteiger partial charge in [-0.25, -0.2) is 22.7 Å². The van der Waals surface area contributed by atoms with Crippen molar-refractivity contribution in [2.75, 3.05) is 26.0 Å². The molecule has 0 amide bonds. The summed E-state index contributed by atoms with van der Waals surface area (Å²) >= 11 is 0. The van der Waals surface area contributed by atoms with E-state index in [0.29, 0.717) is 23.9 Å². The summed E-state index contributed by atoms with van der Waals surface area (Å²) in [7, 11) is -0.674. The second-order valence-corrected chi connectivity index (χ2v) is 8.37. The number of sulfonamides is 1. The van der Waals surface area contributed by atoms with Crippen LogP contribution in [0.3, 0.4) is 0 Å². The number of fused-ring (bicyclic) bond motifs is 1. The predicted molar refractivity (Wildman–Crippen MR) is 106 cm³/mol. The van der Waals surface area contributed by atoms with E-state index in [9.17, 15) is 8.42 Å². The van der Waals surface area contributed by atoms with Crippen LogP contribution < -0.4 is 10.1 Å². The number of ether oxygens (including phenoxy) is 1. The fourth-order valence-electron chi connectivity index (χ4n) is 2.67. The number of rotatable bonds is 6. The number of benzene rings is 2. The van der Waals surface area contributed by atoms with Gasteiger partial charge in [0.15, 0.2) is 0 Å². The minimum Gasteiger partial charge on any atom is -0.492 e. The van der Waals surface area contributed by atoms with Gasteiger partial charge in [-0.05, 0) is 44.2 Å². The second-order valence-electron chi connectivity index (χ2n) is 6.25. The van der Waals surface area contributed by atoms with E-state index >= 15 is 0 Å². The van der Waals surface area contributed by atoms with Gasteiger partial charge in [-0.1, -0.05) is 11.6 Å². The minimum absolute atomic E-state index is 0.105. The van der Waals surface area contributed by atoms with E-state index in [1.54, 1.807) is 18.2 Å². The van der Waals surface area contributed by atoms with Crippen LogP contribution in [-0.2, 0) is 10.0 Å². The molecule has 0 unspecified atom stereocenters. The highest BCUT2D eigenvalue weighted by Gasteiger charge is 2.23. The molecule has 142 valence electrons. The maximum atomic E-state index is 12.7. The van der Waals surface area contributed by atoms with Crippen molar-refractivity contribution in [2.45, 2.75) is 18.7 Å². The first kappa shape index (κ1) is 19.1. The van der Waals surface area contributed by atoms with E-state index in [1.807, 2.05) is 32.0 Å². The molecular weight excluding hydrogens is 364 g/mol. The van der Waals surface area contributed by atoms with Crippen molar-refractivity contribution >= 4 is 32.4 Å². The third kappa shape index (κ3) is 3.86. The summed E-state index contributed by atoms with van der Waals surface area (Å²) < 4.78 is 32.0. The summed E-state index contributed by atoms with van der Waals surface area (Å²) in [5.41, 5.74) is 2.49. The van der Waals surface area contributed by atoms with E-state index in [2.05, 4.69) is 15.3 Å². The molecular formula is C19H22N4O3S. The lowest BCUT2D eigenvalue weighted by atomic mass is 10.1. The molecule has 0 radical (unpaired) electrons. The van der Waals surface area contributed by atoms with Crippen LogP contribution in [0.15, 0.2) is 47.6 Å². The summed E-state index contributed by atoms with van der Waals surface area (Å²) in [5, 5.41) is 4.07. The van der Waals surface area contributed by atoms with Crippen LogP contribution in [0.4, 0.5) is 11.5 Å². The number of aromatic nitrogens is 2. The average molecular weight is 386 g/mol. The molecule has 0 spiro atoms. The lowest BCUT2D eigenvalue weighted by Gasteiger charge is -2.17. The second kappa shape index (κ2) is 7.50. The Bertz CT molecular complexity index is 1080. The molecule has 2 aromatic carbocycles. The van der Waals surface area contributed by atoms with Crippen LogP contribution in [-0.4, -0.2) is 43.4 Å². The molecule has 0 aliphatic rings. The molecule has 7 nitrogen and oxygen atoms in total. The van der Waals surface area contributed by atoms with Gasteiger partial charge in [0.1, 0.15) is 22.8 Å². The van der Waals surface area contributed by atoms with Crippen molar-refractivity contribution in [3.05, 3.63) is 48.3 Å². The highest BCUT2D eigenvalue weighted by atomic mass is 32.2. The van der Waals surface area contributed by atoms with Gasteiger partial charge in [0.25, 0.3) is 0 Å². The third-order valence-corrected chi connectivity index (χ3v) is 5.89. The fourth-order valence-corrected chi connectivity index (χ4v) is 3.72. The summed E-state index contributed by atoms with van der Waals surface area (Å²) in [6, 6.07) is 10.9. The Kier molecular flexibility index (Phi) is 5.29. The summed E-state index contributed by atoms with van der Waals surface area (Å²) in [5.74, 6) is 0.932. The number of nitrogens with zero attached hydrogens (tertiary/aromatic N) is 3. The van der Waals surface area contributed by atoms with Crippen molar-refractivity contribution in [3.8, 4) is 5.75 Å². The zero-order valence-corrected chi connectivity index (χ0v) is 16.5. The SMILES string of the molecule is CCOc1ccc(Nc2ncnc3ccc(C)cc23)cc1S(=O)(=O)N(C)C. The van der Waals surface area contributed by atoms with Gasteiger partial charge in [-0.15, -0.1) is 0 Å². The lowest BCUT2D eigenvalue weighted by Crippen LogP contribution is -2.23. The zero-order chi connectivity index (χ0) is 19.6. The number of aryl methyl sites for hydroxylation is 1. The topological polar surface area (TPSA) is 84.4 Å². The number of hydrogen-bond acceptors (Lipinski definition) is 6. The Balaban J connectivity index is 2.08. The molecule has 0 fully saturated rings. The smallest absolute Gasteiger partial charge is 0.246 e. The molecule has 0 bridgehead atoms. The molecule has 0 saturated carbocycles. The Morgan fingerprint density at radius 1 is 1.11 bits per heavy atom. The van der Waals surface area contributed by atoms with Crippen LogP contribution in [0.5, 0.6) is 5.75 Å². The van der Waals surface area contributed by atoms with Crippen LogP contribution in [0.2, 0.25) is 0 Å². The van der Waals surface area contributed by atoms with Crippen molar-refractivity contribution in [1.29, 1.82) is 0 Å². The van der Waals surface area contributed by atoms with Crippen LogP contribution in [0, 0.1) is 6.92 Å². The number of nitrogens with one attached hydrogen (secondary N) is 1. The maximum Gasteiger partial charge on any atom is 0.246 e. The average Bonchev–Trinajstić information content (AvgIpc) is 2.63.